The Balaban J connectivity index is 5.30. The van der Waals surface area contributed by atoms with E-state index in [0.717, 1.165) is 0 Å². The van der Waals surface area contributed by atoms with Gasteiger partial charge in [0, 0.05) is 0 Å². The van der Waals surface area contributed by atoms with Gasteiger partial charge in [-0.1, -0.05) is 80.1 Å². The lowest BCUT2D eigenvalue weighted by atomic mass is 9.61. The number of rotatable bonds is 14. The van der Waals surface area contributed by atoms with Crippen LogP contribution in [0.2, 0.25) is 0 Å². The maximum atomic E-state index is 2.39. The molecular formula is C21H44. The molecule has 0 saturated heterocycles. The van der Waals surface area contributed by atoms with E-state index >= 15 is 0 Å². The largest absolute Gasteiger partial charge is 0.0654 e. The highest BCUT2D eigenvalue weighted by Gasteiger charge is 2.38. The summed E-state index contributed by atoms with van der Waals surface area (Å²) in [6.07, 6.45) is 18.4. The molecule has 0 N–H and O–H groups in total. The maximum absolute atomic E-state index is 2.39. The molecule has 0 heterocycles. The molecule has 128 valence electrons. The molecule has 0 heteroatoms. The van der Waals surface area contributed by atoms with Crippen LogP contribution in [0.3, 0.4) is 0 Å². The molecular weight excluding hydrogens is 252 g/mol. The highest BCUT2D eigenvalue weighted by atomic mass is 14.4. The van der Waals surface area contributed by atoms with Crippen molar-refractivity contribution in [2.75, 3.05) is 0 Å². The summed E-state index contributed by atoms with van der Waals surface area (Å²) >= 11 is 0. The van der Waals surface area contributed by atoms with Crippen LogP contribution in [0.4, 0.5) is 0 Å². The van der Waals surface area contributed by atoms with E-state index in [1.807, 2.05) is 0 Å². The van der Waals surface area contributed by atoms with Gasteiger partial charge in [-0.3, -0.25) is 0 Å². The molecule has 0 spiro atoms. The van der Waals surface area contributed by atoms with Crippen molar-refractivity contribution in [3.05, 3.63) is 0 Å². The van der Waals surface area contributed by atoms with Crippen molar-refractivity contribution in [1.29, 1.82) is 0 Å². The van der Waals surface area contributed by atoms with E-state index in [1.165, 1.54) is 83.5 Å². The predicted octanol–water partition coefficient (Wildman–Crippen LogP) is 8.15. The van der Waals surface area contributed by atoms with Crippen molar-refractivity contribution in [3.63, 3.8) is 0 Å². The summed E-state index contributed by atoms with van der Waals surface area (Å²) in [5.41, 5.74) is 1.27. The smallest absolute Gasteiger partial charge is 0.0292 e. The summed E-state index contributed by atoms with van der Waals surface area (Å²) in [7, 11) is 0. The Hall–Kier alpha value is 0. The fourth-order valence-corrected chi connectivity index (χ4v) is 5.26. The van der Waals surface area contributed by atoms with Crippen LogP contribution in [-0.2, 0) is 0 Å². The van der Waals surface area contributed by atoms with Crippen LogP contribution in [-0.4, -0.2) is 0 Å². The Labute approximate surface area is 136 Å². The molecule has 0 aromatic rings. The van der Waals surface area contributed by atoms with Crippen molar-refractivity contribution in [1.82, 2.24) is 0 Å². The van der Waals surface area contributed by atoms with E-state index < -0.39 is 0 Å². The fourth-order valence-electron chi connectivity index (χ4n) is 5.26. The summed E-state index contributed by atoms with van der Waals surface area (Å²) in [5, 5.41) is 0. The summed E-state index contributed by atoms with van der Waals surface area (Å²) in [6.45, 7) is 14.3. The van der Waals surface area contributed by atoms with Gasteiger partial charge in [0.05, 0.1) is 0 Å². The second-order valence-electron chi connectivity index (χ2n) is 7.68. The molecule has 0 amide bonds. The molecule has 0 nitrogen and oxygen atoms in total. The van der Waals surface area contributed by atoms with Crippen molar-refractivity contribution >= 4 is 0 Å². The Morgan fingerprint density at radius 1 is 0.381 bits per heavy atom. The molecule has 0 fully saturated rings. The molecule has 0 radical (unpaired) electrons. The third-order valence-corrected chi connectivity index (χ3v) is 5.43. The van der Waals surface area contributed by atoms with E-state index in [9.17, 15) is 0 Å². The van der Waals surface area contributed by atoms with Gasteiger partial charge in [0.1, 0.15) is 0 Å². The molecule has 0 rings (SSSR count). The molecule has 0 aromatic carbocycles. The predicted molar refractivity (Wildman–Crippen MR) is 98.9 cm³/mol. The van der Waals surface area contributed by atoms with Gasteiger partial charge >= 0.3 is 0 Å². The van der Waals surface area contributed by atoms with Gasteiger partial charge in [-0.05, 0) is 55.8 Å². The molecule has 0 unspecified atom stereocenters. The first-order chi connectivity index (χ1) is 10.1. The minimum atomic E-state index is 0.637. The first-order valence-electron chi connectivity index (χ1n) is 10.1. The van der Waals surface area contributed by atoms with Gasteiger partial charge < -0.3 is 0 Å². The van der Waals surface area contributed by atoms with Gasteiger partial charge in [-0.15, -0.1) is 0 Å². The van der Waals surface area contributed by atoms with Crippen LogP contribution in [0.5, 0.6) is 0 Å². The average molecular weight is 297 g/mol. The maximum Gasteiger partial charge on any atom is -0.0292 e. The Bertz CT molecular complexity index is 170. The molecule has 0 aliphatic heterocycles. The standard InChI is InChI=1S/C21H44/c1-7-13-20(14-8-2,15-9-3)19-21(16-10-4,17-11-5)18-12-6/h7-19H2,1-6H3. The highest BCUT2D eigenvalue weighted by molar-refractivity contribution is 4.89. The SMILES string of the molecule is CCCC(CCC)(CCC)CC(CCC)(CCC)CCC. The first-order valence-corrected chi connectivity index (χ1v) is 10.1. The van der Waals surface area contributed by atoms with Gasteiger partial charge in [-0.2, -0.15) is 0 Å². The lowest BCUT2D eigenvalue weighted by molar-refractivity contribution is 0.0688. The van der Waals surface area contributed by atoms with E-state index in [4.69, 9.17) is 0 Å². The summed E-state index contributed by atoms with van der Waals surface area (Å²) in [4.78, 5) is 0. The van der Waals surface area contributed by atoms with Crippen LogP contribution in [0.15, 0.2) is 0 Å². The lowest BCUT2D eigenvalue weighted by Gasteiger charge is -2.45. The zero-order valence-corrected chi connectivity index (χ0v) is 16.2. The zero-order chi connectivity index (χ0) is 16.2. The normalized spacial score (nSPS) is 12.9. The second kappa shape index (κ2) is 11.6. The van der Waals surface area contributed by atoms with Crippen molar-refractivity contribution in [2.24, 2.45) is 10.8 Å². The van der Waals surface area contributed by atoms with Crippen LogP contribution >= 0.6 is 0 Å². The quantitative estimate of drug-likeness (QED) is 0.303. The van der Waals surface area contributed by atoms with Crippen LogP contribution in [0.1, 0.15) is 125 Å². The fraction of sp³-hybridized carbons (Fsp3) is 1.00. The highest BCUT2D eigenvalue weighted by Crippen LogP contribution is 2.50. The molecule has 0 atom stereocenters. The number of hydrogen-bond acceptors (Lipinski definition) is 0. The van der Waals surface area contributed by atoms with Crippen LogP contribution in [0.25, 0.3) is 0 Å². The van der Waals surface area contributed by atoms with Gasteiger partial charge in [0.2, 0.25) is 0 Å². The van der Waals surface area contributed by atoms with Crippen molar-refractivity contribution < 1.29 is 0 Å². The third-order valence-electron chi connectivity index (χ3n) is 5.43. The molecule has 0 aliphatic rings. The zero-order valence-electron chi connectivity index (χ0n) is 16.2. The molecule has 0 aromatic heterocycles. The Kier molecular flexibility index (Phi) is 11.6. The third kappa shape index (κ3) is 7.20. The molecule has 0 saturated carbocycles. The number of hydrogen-bond donors (Lipinski definition) is 0. The van der Waals surface area contributed by atoms with Gasteiger partial charge in [-0.25, -0.2) is 0 Å². The average Bonchev–Trinajstić information content (AvgIpc) is 2.40. The van der Waals surface area contributed by atoms with Crippen molar-refractivity contribution in [3.8, 4) is 0 Å². The van der Waals surface area contributed by atoms with Gasteiger partial charge in [0.25, 0.3) is 0 Å². The minimum absolute atomic E-state index is 0.637. The monoisotopic (exact) mass is 296 g/mol. The first kappa shape index (κ1) is 21.0. The van der Waals surface area contributed by atoms with Crippen LogP contribution in [0, 0.1) is 10.8 Å². The molecule has 0 bridgehead atoms. The molecule has 0 aliphatic carbocycles. The van der Waals surface area contributed by atoms with E-state index in [-0.39, 0.29) is 0 Å². The summed E-state index contributed by atoms with van der Waals surface area (Å²) in [6, 6.07) is 0. The Morgan fingerprint density at radius 3 is 0.714 bits per heavy atom. The summed E-state index contributed by atoms with van der Waals surface area (Å²) in [5.74, 6) is 0. The van der Waals surface area contributed by atoms with E-state index in [2.05, 4.69) is 41.5 Å². The van der Waals surface area contributed by atoms with E-state index in [0.29, 0.717) is 10.8 Å². The van der Waals surface area contributed by atoms with Crippen LogP contribution < -0.4 is 0 Å². The van der Waals surface area contributed by atoms with E-state index in [1.54, 1.807) is 0 Å². The molecule has 21 heavy (non-hydrogen) atoms. The second-order valence-corrected chi connectivity index (χ2v) is 7.68. The van der Waals surface area contributed by atoms with Crippen molar-refractivity contribution in [2.45, 2.75) is 125 Å². The summed E-state index contributed by atoms with van der Waals surface area (Å²) < 4.78 is 0. The lowest BCUT2D eigenvalue weighted by Crippen LogP contribution is -2.32. The van der Waals surface area contributed by atoms with Gasteiger partial charge in [0.15, 0.2) is 0 Å². The Morgan fingerprint density at radius 2 is 0.571 bits per heavy atom. The topological polar surface area (TPSA) is 0 Å². The minimum Gasteiger partial charge on any atom is -0.0654 e.